The van der Waals surface area contributed by atoms with Crippen molar-refractivity contribution in [2.45, 2.75) is 6.92 Å². The second-order valence-electron chi connectivity index (χ2n) is 4.21. The lowest BCUT2D eigenvalue weighted by Crippen LogP contribution is -2.54. The molecule has 0 N–H and O–H groups in total. The number of benzene rings is 1. The minimum atomic E-state index is -0.296. The van der Waals surface area contributed by atoms with Gasteiger partial charge in [-0.2, -0.15) is 0 Å². The zero-order valence-corrected chi connectivity index (χ0v) is 10.4. The van der Waals surface area contributed by atoms with Crippen molar-refractivity contribution in [3.05, 3.63) is 29.3 Å². The van der Waals surface area contributed by atoms with Crippen LogP contribution in [0.25, 0.3) is 0 Å². The molecule has 0 aromatic heterocycles. The van der Waals surface area contributed by atoms with Gasteiger partial charge in [0.15, 0.2) is 0 Å². The molecule has 0 spiro atoms. The van der Waals surface area contributed by atoms with Crippen LogP contribution >= 0.6 is 11.6 Å². The Kier molecular flexibility index (Phi) is 3.07. The summed E-state index contributed by atoms with van der Waals surface area (Å²) < 4.78 is 0. The average molecular weight is 253 g/mol. The van der Waals surface area contributed by atoms with Gasteiger partial charge in [0.25, 0.3) is 0 Å². The maximum atomic E-state index is 12.0. The summed E-state index contributed by atoms with van der Waals surface area (Å²) in [6, 6.07) is 6.37. The lowest BCUT2D eigenvalue weighted by atomic mass is 10.1. The molecule has 1 aromatic carbocycles. The van der Waals surface area contributed by atoms with Gasteiger partial charge in [-0.15, -0.1) is 0 Å². The van der Waals surface area contributed by atoms with E-state index in [9.17, 15) is 9.59 Å². The molecule has 4 nitrogen and oxygen atoms in total. The lowest BCUT2D eigenvalue weighted by molar-refractivity contribution is -0.122. The highest BCUT2D eigenvalue weighted by molar-refractivity contribution is 6.30. The third-order valence-corrected chi connectivity index (χ3v) is 3.04. The first kappa shape index (κ1) is 11.9. The molecule has 0 saturated carbocycles. The average Bonchev–Trinajstić information content (AvgIpc) is 2.29. The number of hydrogen-bond acceptors (Lipinski definition) is 2. The molecule has 90 valence electrons. The van der Waals surface area contributed by atoms with E-state index in [1.54, 1.807) is 36.2 Å². The van der Waals surface area contributed by atoms with Gasteiger partial charge in [0, 0.05) is 18.6 Å². The van der Waals surface area contributed by atoms with Crippen molar-refractivity contribution in [2.24, 2.45) is 5.92 Å². The minimum Gasteiger partial charge on any atom is -0.326 e. The number of halogens is 1. The summed E-state index contributed by atoms with van der Waals surface area (Å²) >= 11 is 5.78. The summed E-state index contributed by atoms with van der Waals surface area (Å²) in [6.45, 7) is 2.27. The summed E-state index contributed by atoms with van der Waals surface area (Å²) in [5.74, 6) is -0.358. The standard InChI is InChI=1S/C12H13ClN2O2/c1-8-7-14(2)12(17)15(11(8)16)10-5-3-9(13)4-6-10/h3-6,8H,7H2,1-2H3. The third-order valence-electron chi connectivity index (χ3n) is 2.79. The second-order valence-corrected chi connectivity index (χ2v) is 4.65. The van der Waals surface area contributed by atoms with E-state index in [-0.39, 0.29) is 17.9 Å². The topological polar surface area (TPSA) is 40.6 Å². The van der Waals surface area contributed by atoms with E-state index in [0.717, 1.165) is 0 Å². The van der Waals surface area contributed by atoms with Gasteiger partial charge >= 0.3 is 6.03 Å². The van der Waals surface area contributed by atoms with Crippen molar-refractivity contribution in [1.29, 1.82) is 0 Å². The molecule has 0 radical (unpaired) electrons. The Balaban J connectivity index is 2.37. The van der Waals surface area contributed by atoms with Crippen molar-refractivity contribution >= 4 is 29.2 Å². The van der Waals surface area contributed by atoms with Crippen LogP contribution in [0, 0.1) is 5.92 Å². The van der Waals surface area contributed by atoms with Crippen molar-refractivity contribution in [2.75, 3.05) is 18.5 Å². The molecule has 2 rings (SSSR count). The summed E-state index contributed by atoms with van der Waals surface area (Å²) in [4.78, 5) is 26.7. The fourth-order valence-electron chi connectivity index (χ4n) is 1.88. The molecule has 17 heavy (non-hydrogen) atoms. The molecular weight excluding hydrogens is 240 g/mol. The molecule has 1 aliphatic heterocycles. The second kappa shape index (κ2) is 4.37. The molecule has 1 saturated heterocycles. The van der Waals surface area contributed by atoms with Crippen LogP contribution in [0.1, 0.15) is 6.92 Å². The van der Waals surface area contributed by atoms with Crippen LogP contribution in [0.5, 0.6) is 0 Å². The lowest BCUT2D eigenvalue weighted by Gasteiger charge is -2.35. The fraction of sp³-hybridized carbons (Fsp3) is 0.333. The van der Waals surface area contributed by atoms with E-state index in [1.165, 1.54) is 4.90 Å². The molecule has 0 aliphatic carbocycles. The number of imide groups is 1. The molecular formula is C12H13ClN2O2. The van der Waals surface area contributed by atoms with Crippen LogP contribution in [0.15, 0.2) is 24.3 Å². The van der Waals surface area contributed by atoms with Crippen LogP contribution in [0.4, 0.5) is 10.5 Å². The molecule has 1 aliphatic rings. The maximum Gasteiger partial charge on any atom is 0.331 e. The quantitative estimate of drug-likeness (QED) is 0.770. The van der Waals surface area contributed by atoms with Crippen LogP contribution < -0.4 is 4.90 Å². The van der Waals surface area contributed by atoms with Gasteiger partial charge in [-0.1, -0.05) is 18.5 Å². The molecule has 1 unspecified atom stereocenters. The Hall–Kier alpha value is -1.55. The van der Waals surface area contributed by atoms with Gasteiger partial charge in [-0.3, -0.25) is 4.79 Å². The molecule has 1 heterocycles. The van der Waals surface area contributed by atoms with Crippen molar-refractivity contribution in [1.82, 2.24) is 4.90 Å². The van der Waals surface area contributed by atoms with Crippen LogP contribution in [-0.4, -0.2) is 30.4 Å². The van der Waals surface area contributed by atoms with E-state index in [2.05, 4.69) is 0 Å². The molecule has 0 bridgehead atoms. The molecule has 5 heteroatoms. The number of urea groups is 1. The first-order valence-corrected chi connectivity index (χ1v) is 5.73. The van der Waals surface area contributed by atoms with Crippen LogP contribution in [-0.2, 0) is 4.79 Å². The first-order valence-electron chi connectivity index (χ1n) is 5.35. The van der Waals surface area contributed by atoms with E-state index >= 15 is 0 Å². The Morgan fingerprint density at radius 3 is 2.41 bits per heavy atom. The maximum absolute atomic E-state index is 12.0. The molecule has 3 amide bonds. The van der Waals surface area contributed by atoms with Crippen LogP contribution in [0.2, 0.25) is 5.02 Å². The smallest absolute Gasteiger partial charge is 0.326 e. The van der Waals surface area contributed by atoms with E-state index < -0.39 is 0 Å². The van der Waals surface area contributed by atoms with E-state index in [1.807, 2.05) is 6.92 Å². The van der Waals surface area contributed by atoms with Crippen molar-refractivity contribution < 1.29 is 9.59 Å². The summed E-state index contributed by atoms with van der Waals surface area (Å²) in [5, 5.41) is 0.576. The Morgan fingerprint density at radius 1 is 1.24 bits per heavy atom. The van der Waals surface area contributed by atoms with Gasteiger partial charge in [0.2, 0.25) is 5.91 Å². The first-order chi connectivity index (χ1) is 8.00. The van der Waals surface area contributed by atoms with Gasteiger partial charge in [0.05, 0.1) is 11.6 Å². The summed E-state index contributed by atoms with van der Waals surface area (Å²) in [7, 11) is 1.69. The minimum absolute atomic E-state index is 0.171. The van der Waals surface area contributed by atoms with Gasteiger partial charge in [-0.25, -0.2) is 9.69 Å². The van der Waals surface area contributed by atoms with E-state index in [4.69, 9.17) is 11.6 Å². The SMILES string of the molecule is CC1CN(C)C(=O)N(c2ccc(Cl)cc2)C1=O. The van der Waals surface area contributed by atoms with Crippen molar-refractivity contribution in [3.8, 4) is 0 Å². The predicted molar refractivity (Wildman–Crippen MR) is 66.1 cm³/mol. The molecule has 1 atom stereocenters. The normalized spacial score (nSPS) is 21.0. The largest absolute Gasteiger partial charge is 0.331 e. The number of carbonyl (C=O) groups is 2. The van der Waals surface area contributed by atoms with Crippen LogP contribution in [0.3, 0.4) is 0 Å². The van der Waals surface area contributed by atoms with Crippen molar-refractivity contribution in [3.63, 3.8) is 0 Å². The van der Waals surface area contributed by atoms with E-state index in [0.29, 0.717) is 17.3 Å². The molecule has 1 aromatic rings. The zero-order chi connectivity index (χ0) is 12.6. The number of anilines is 1. The Morgan fingerprint density at radius 2 is 1.82 bits per heavy atom. The van der Waals surface area contributed by atoms with Gasteiger partial charge in [0.1, 0.15) is 0 Å². The number of hydrogen-bond donors (Lipinski definition) is 0. The summed E-state index contributed by atoms with van der Waals surface area (Å²) in [6.07, 6.45) is 0. The zero-order valence-electron chi connectivity index (χ0n) is 9.68. The Labute approximate surface area is 105 Å². The highest BCUT2D eigenvalue weighted by Gasteiger charge is 2.35. The highest BCUT2D eigenvalue weighted by Crippen LogP contribution is 2.24. The summed E-state index contributed by atoms with van der Waals surface area (Å²) in [5.41, 5.74) is 0.558. The van der Waals surface area contributed by atoms with Gasteiger partial charge in [-0.05, 0) is 24.3 Å². The fourth-order valence-corrected chi connectivity index (χ4v) is 2.01. The molecule has 1 fully saturated rings. The third kappa shape index (κ3) is 2.13. The monoisotopic (exact) mass is 252 g/mol. The number of rotatable bonds is 1. The Bertz CT molecular complexity index is 438. The number of nitrogens with zero attached hydrogens (tertiary/aromatic N) is 2. The highest BCUT2D eigenvalue weighted by atomic mass is 35.5. The number of amides is 3. The predicted octanol–water partition coefficient (Wildman–Crippen LogP) is 2.37. The number of carbonyl (C=O) groups excluding carboxylic acids is 2. The van der Waals surface area contributed by atoms with Gasteiger partial charge < -0.3 is 4.90 Å².